The standard InChI is InChI=1S/3C8H12O3.Fe/c3*1-5(9)4-8(6(2)10)7(3)11;/h3*8H,4H2,1-3H3;. The molecule has 34 heavy (non-hydrogen) atoms. The van der Waals surface area contributed by atoms with E-state index in [0.717, 1.165) is 0 Å². The van der Waals surface area contributed by atoms with E-state index in [-0.39, 0.29) is 88.4 Å². The van der Waals surface area contributed by atoms with E-state index in [1.165, 1.54) is 62.3 Å². The van der Waals surface area contributed by atoms with E-state index >= 15 is 0 Å². The molecule has 9 nitrogen and oxygen atoms in total. The molecule has 0 unspecified atom stereocenters. The molecule has 0 aromatic heterocycles. The van der Waals surface area contributed by atoms with Crippen LogP contribution < -0.4 is 0 Å². The summed E-state index contributed by atoms with van der Waals surface area (Å²) < 4.78 is 0. The van der Waals surface area contributed by atoms with Crippen molar-refractivity contribution in [3.05, 3.63) is 0 Å². The summed E-state index contributed by atoms with van der Waals surface area (Å²) in [6.45, 7) is 12.1. The molecule has 0 rings (SSSR count). The maximum Gasteiger partial charge on any atom is 0.140 e. The Labute approximate surface area is 211 Å². The molecular formula is C24H36FeO9. The van der Waals surface area contributed by atoms with E-state index in [1.807, 2.05) is 0 Å². The Balaban J connectivity index is -0.000000196. The van der Waals surface area contributed by atoms with Crippen LogP contribution >= 0.6 is 0 Å². The van der Waals surface area contributed by atoms with Crippen molar-refractivity contribution in [3.63, 3.8) is 0 Å². The molecular weight excluding hydrogens is 488 g/mol. The Morgan fingerprint density at radius 2 is 0.471 bits per heavy atom. The van der Waals surface area contributed by atoms with E-state index < -0.39 is 17.8 Å². The molecule has 0 aliphatic rings. The van der Waals surface area contributed by atoms with Crippen LogP contribution in [0, 0.1) is 17.8 Å². The summed E-state index contributed by atoms with van der Waals surface area (Å²) in [5.74, 6) is -3.89. The molecule has 0 amide bonds. The molecule has 0 spiro atoms. The van der Waals surface area contributed by atoms with E-state index in [0.29, 0.717) is 0 Å². The fraction of sp³-hybridized carbons (Fsp3) is 0.625. The number of carbonyl (C=O) groups is 9. The summed E-state index contributed by atoms with van der Waals surface area (Å²) in [7, 11) is 0. The van der Waals surface area contributed by atoms with Crippen molar-refractivity contribution in [2.24, 2.45) is 17.8 Å². The number of ketones is 9. The van der Waals surface area contributed by atoms with Crippen LogP contribution in [0.2, 0.25) is 0 Å². The third-order valence-corrected chi connectivity index (χ3v) is 4.42. The minimum Gasteiger partial charge on any atom is -0.300 e. The second-order valence-electron chi connectivity index (χ2n) is 8.04. The van der Waals surface area contributed by atoms with Gasteiger partial charge in [-0.3, -0.25) is 43.2 Å². The quantitative estimate of drug-likeness (QED) is 0.276. The molecule has 0 saturated carbocycles. The first-order chi connectivity index (χ1) is 14.8. The Morgan fingerprint density at radius 1 is 0.353 bits per heavy atom. The van der Waals surface area contributed by atoms with Crippen molar-refractivity contribution in [2.45, 2.75) is 81.6 Å². The average molecular weight is 524 g/mol. The molecule has 0 saturated heterocycles. The summed E-state index contributed by atoms with van der Waals surface area (Å²) >= 11 is 0. The Morgan fingerprint density at radius 3 is 0.500 bits per heavy atom. The predicted molar refractivity (Wildman–Crippen MR) is 120 cm³/mol. The largest absolute Gasteiger partial charge is 0.300 e. The van der Waals surface area contributed by atoms with Crippen LogP contribution in [0.5, 0.6) is 0 Å². The predicted octanol–water partition coefficient (Wildman–Crippen LogP) is 2.28. The van der Waals surface area contributed by atoms with Gasteiger partial charge in [-0.15, -0.1) is 0 Å². The number of hydrogen-bond acceptors (Lipinski definition) is 9. The first kappa shape index (κ1) is 38.8. The van der Waals surface area contributed by atoms with Crippen LogP contribution in [-0.4, -0.2) is 52.0 Å². The minimum atomic E-state index is -0.715. The zero-order valence-electron chi connectivity index (χ0n) is 21.4. The molecule has 0 heterocycles. The van der Waals surface area contributed by atoms with Gasteiger partial charge >= 0.3 is 0 Å². The SMILES string of the molecule is CC(=O)CC(C(C)=O)C(C)=O.CC(=O)CC(C(C)=O)C(C)=O.CC(=O)CC(C(C)=O)C(C)=O.[Fe]. The van der Waals surface area contributed by atoms with Crippen LogP contribution in [0.4, 0.5) is 0 Å². The molecule has 0 atom stereocenters. The summed E-state index contributed by atoms with van der Waals surface area (Å²) in [6.07, 6.45) is 0.139. The third kappa shape index (κ3) is 21.4. The van der Waals surface area contributed by atoms with Gasteiger partial charge in [0, 0.05) is 36.3 Å². The van der Waals surface area contributed by atoms with Gasteiger partial charge in [-0.2, -0.15) is 0 Å². The molecule has 0 N–H and O–H groups in total. The second-order valence-corrected chi connectivity index (χ2v) is 8.04. The Hall–Kier alpha value is -2.45. The molecule has 0 aliphatic carbocycles. The molecule has 0 aliphatic heterocycles. The first-order valence-corrected chi connectivity index (χ1v) is 10.4. The molecule has 0 radical (unpaired) electrons. The molecule has 0 aromatic carbocycles. The van der Waals surface area contributed by atoms with Crippen LogP contribution in [0.15, 0.2) is 0 Å². The maximum atomic E-state index is 10.7. The monoisotopic (exact) mass is 524 g/mol. The van der Waals surface area contributed by atoms with Crippen molar-refractivity contribution in [1.82, 2.24) is 0 Å². The average Bonchev–Trinajstić information content (AvgIpc) is 2.61. The molecule has 10 heteroatoms. The number of Topliss-reactive ketones (excluding diaryl/α,β-unsaturated/α-hetero) is 9. The van der Waals surface area contributed by atoms with Crippen LogP contribution in [0.25, 0.3) is 0 Å². The smallest absolute Gasteiger partial charge is 0.140 e. The van der Waals surface area contributed by atoms with Crippen molar-refractivity contribution < 1.29 is 60.2 Å². The van der Waals surface area contributed by atoms with Crippen LogP contribution in [0.3, 0.4) is 0 Å². The molecule has 194 valence electrons. The number of hydrogen-bond donors (Lipinski definition) is 0. The molecule has 0 aromatic rings. The van der Waals surface area contributed by atoms with E-state index in [4.69, 9.17) is 0 Å². The topological polar surface area (TPSA) is 154 Å². The summed E-state index contributed by atoms with van der Waals surface area (Å²) in [6, 6.07) is 0. The Bertz CT molecular complexity index is 650. The van der Waals surface area contributed by atoms with E-state index in [9.17, 15) is 43.2 Å². The zero-order valence-corrected chi connectivity index (χ0v) is 22.5. The van der Waals surface area contributed by atoms with Gasteiger partial charge in [-0.25, -0.2) is 0 Å². The van der Waals surface area contributed by atoms with Crippen molar-refractivity contribution >= 4 is 52.0 Å². The van der Waals surface area contributed by atoms with Gasteiger partial charge in [0.05, 0.1) is 17.8 Å². The van der Waals surface area contributed by atoms with Crippen LogP contribution in [0.1, 0.15) is 81.6 Å². The van der Waals surface area contributed by atoms with E-state index in [2.05, 4.69) is 0 Å². The van der Waals surface area contributed by atoms with Crippen molar-refractivity contribution in [2.75, 3.05) is 0 Å². The summed E-state index contributed by atoms with van der Waals surface area (Å²) in [4.78, 5) is 96.2. The van der Waals surface area contributed by atoms with Gasteiger partial charge in [0.15, 0.2) is 0 Å². The fourth-order valence-electron chi connectivity index (χ4n) is 2.58. The molecule has 0 fully saturated rings. The van der Waals surface area contributed by atoms with Crippen LogP contribution in [-0.2, 0) is 60.2 Å². The normalized spacial score (nSPS) is 9.53. The van der Waals surface area contributed by atoms with Gasteiger partial charge in [0.1, 0.15) is 52.0 Å². The van der Waals surface area contributed by atoms with Gasteiger partial charge in [0.25, 0.3) is 0 Å². The van der Waals surface area contributed by atoms with Gasteiger partial charge in [-0.05, 0) is 62.3 Å². The Kier molecular flexibility index (Phi) is 22.8. The number of rotatable bonds is 12. The zero-order chi connectivity index (χ0) is 27.0. The second kappa shape index (κ2) is 20.0. The van der Waals surface area contributed by atoms with Gasteiger partial charge in [-0.1, -0.05) is 0 Å². The van der Waals surface area contributed by atoms with E-state index in [1.54, 1.807) is 0 Å². The number of carbonyl (C=O) groups excluding carboxylic acids is 9. The van der Waals surface area contributed by atoms with Crippen molar-refractivity contribution in [1.29, 1.82) is 0 Å². The van der Waals surface area contributed by atoms with Crippen molar-refractivity contribution in [3.8, 4) is 0 Å². The summed E-state index contributed by atoms with van der Waals surface area (Å²) in [5, 5.41) is 0. The first-order valence-electron chi connectivity index (χ1n) is 10.4. The third-order valence-electron chi connectivity index (χ3n) is 4.42. The van der Waals surface area contributed by atoms with Gasteiger partial charge in [0.2, 0.25) is 0 Å². The maximum absolute atomic E-state index is 10.7. The fourth-order valence-corrected chi connectivity index (χ4v) is 2.58. The minimum absolute atomic E-state index is 0. The van der Waals surface area contributed by atoms with Gasteiger partial charge < -0.3 is 0 Å². The summed E-state index contributed by atoms with van der Waals surface area (Å²) in [5.41, 5.74) is 0. The molecule has 0 bridgehead atoms.